The second kappa shape index (κ2) is 8.37. The molecule has 0 saturated carbocycles. The van der Waals surface area contributed by atoms with Crippen LogP contribution in [0.15, 0.2) is 59.9 Å². The first-order valence-corrected chi connectivity index (χ1v) is 9.44. The van der Waals surface area contributed by atoms with Crippen LogP contribution in [0.5, 0.6) is 5.75 Å². The van der Waals surface area contributed by atoms with Gasteiger partial charge in [-0.25, -0.2) is 9.66 Å². The number of ether oxygens (including phenoxy) is 1. The van der Waals surface area contributed by atoms with E-state index < -0.39 is 5.25 Å². The van der Waals surface area contributed by atoms with E-state index >= 15 is 0 Å². The van der Waals surface area contributed by atoms with Gasteiger partial charge in [0, 0.05) is 10.6 Å². The van der Waals surface area contributed by atoms with Gasteiger partial charge in [0.25, 0.3) is 0 Å². The van der Waals surface area contributed by atoms with Crippen LogP contribution in [0.2, 0.25) is 5.02 Å². The number of anilines is 1. The van der Waals surface area contributed by atoms with Crippen molar-refractivity contribution >= 4 is 35.0 Å². The Morgan fingerprint density at radius 3 is 2.74 bits per heavy atom. The number of carbonyl (C=O) groups is 1. The van der Waals surface area contributed by atoms with Gasteiger partial charge in [-0.3, -0.25) is 4.79 Å². The van der Waals surface area contributed by atoms with Gasteiger partial charge in [0.05, 0.1) is 29.9 Å². The number of rotatable bonds is 6. The highest BCUT2D eigenvalue weighted by Crippen LogP contribution is 2.30. The average molecular weight is 403 g/mol. The Morgan fingerprint density at radius 2 is 2.04 bits per heavy atom. The van der Waals surface area contributed by atoms with Crippen molar-refractivity contribution in [2.45, 2.75) is 17.3 Å². The molecule has 1 heterocycles. The number of methoxy groups -OCH3 is 1. The molecule has 0 unspecified atom stereocenters. The molecular weight excluding hydrogens is 384 g/mol. The van der Waals surface area contributed by atoms with Gasteiger partial charge in [-0.2, -0.15) is 0 Å². The quantitative estimate of drug-likeness (QED) is 0.480. The van der Waals surface area contributed by atoms with E-state index in [1.807, 2.05) is 30.3 Å². The minimum absolute atomic E-state index is 0.204. The van der Waals surface area contributed by atoms with Crippen molar-refractivity contribution in [1.29, 1.82) is 0 Å². The third-order valence-electron chi connectivity index (χ3n) is 3.84. The number of nitrogen functional groups attached to an aromatic ring is 1. The topological polar surface area (TPSA) is 82.2 Å². The van der Waals surface area contributed by atoms with Crippen molar-refractivity contribution in [3.63, 3.8) is 0 Å². The average Bonchev–Trinajstić information content (AvgIpc) is 3.03. The number of aromatic nitrogens is 2. The van der Waals surface area contributed by atoms with Crippen molar-refractivity contribution in [1.82, 2.24) is 9.66 Å². The van der Waals surface area contributed by atoms with Crippen LogP contribution in [0.1, 0.15) is 6.92 Å². The summed E-state index contributed by atoms with van der Waals surface area (Å²) in [6, 6.07) is 14.8. The number of nitrogens with two attached hydrogens (primary N) is 1. The fourth-order valence-electron chi connectivity index (χ4n) is 2.44. The molecule has 8 heteroatoms. The molecule has 1 aromatic heterocycles. The maximum atomic E-state index is 12.6. The molecule has 27 heavy (non-hydrogen) atoms. The van der Waals surface area contributed by atoms with Crippen LogP contribution in [0.25, 0.3) is 11.3 Å². The fourth-order valence-corrected chi connectivity index (χ4v) is 3.42. The summed E-state index contributed by atoms with van der Waals surface area (Å²) in [5.41, 5.74) is 2.23. The summed E-state index contributed by atoms with van der Waals surface area (Å²) in [5.74, 6) is 6.34. The first-order chi connectivity index (χ1) is 13.0. The lowest BCUT2D eigenvalue weighted by atomic mass is 10.2. The van der Waals surface area contributed by atoms with Crippen molar-refractivity contribution in [2.75, 3.05) is 18.3 Å². The van der Waals surface area contributed by atoms with Crippen molar-refractivity contribution in [2.24, 2.45) is 0 Å². The summed E-state index contributed by atoms with van der Waals surface area (Å²) in [7, 11) is 1.54. The summed E-state index contributed by atoms with van der Waals surface area (Å²) < 4.78 is 6.68. The molecule has 1 amide bonds. The number of nitrogens with zero attached hydrogens (tertiary/aromatic N) is 2. The van der Waals surface area contributed by atoms with Crippen LogP contribution in [0.4, 0.5) is 5.69 Å². The number of imidazole rings is 1. The van der Waals surface area contributed by atoms with Gasteiger partial charge in [-0.15, -0.1) is 0 Å². The van der Waals surface area contributed by atoms with Gasteiger partial charge >= 0.3 is 0 Å². The lowest BCUT2D eigenvalue weighted by Gasteiger charge is -2.14. The van der Waals surface area contributed by atoms with Crippen molar-refractivity contribution in [3.8, 4) is 17.0 Å². The predicted octanol–water partition coefficient (Wildman–Crippen LogP) is 4.05. The molecule has 140 valence electrons. The molecule has 0 spiro atoms. The van der Waals surface area contributed by atoms with Crippen LogP contribution < -0.4 is 15.9 Å². The van der Waals surface area contributed by atoms with Gasteiger partial charge in [-0.1, -0.05) is 53.7 Å². The largest absolute Gasteiger partial charge is 0.495 e. The highest BCUT2D eigenvalue weighted by Gasteiger charge is 2.20. The summed E-state index contributed by atoms with van der Waals surface area (Å²) in [6.07, 6.45) is 1.74. The number of benzene rings is 2. The molecule has 2 aromatic carbocycles. The zero-order valence-electron chi connectivity index (χ0n) is 14.8. The highest BCUT2D eigenvalue weighted by atomic mass is 35.5. The lowest BCUT2D eigenvalue weighted by Crippen LogP contribution is -2.23. The Morgan fingerprint density at radius 1 is 1.30 bits per heavy atom. The van der Waals surface area contributed by atoms with Crippen LogP contribution in [-0.4, -0.2) is 27.9 Å². The molecule has 6 nitrogen and oxygen atoms in total. The van der Waals surface area contributed by atoms with E-state index in [1.54, 1.807) is 31.3 Å². The van der Waals surface area contributed by atoms with Crippen LogP contribution in [0, 0.1) is 0 Å². The highest BCUT2D eigenvalue weighted by molar-refractivity contribution is 8.00. The third-order valence-corrected chi connectivity index (χ3v) is 5.15. The Bertz CT molecular complexity index is 946. The molecular formula is C19H19ClN4O2S. The number of nitrogens with one attached hydrogen (secondary N) is 1. The molecule has 0 bridgehead atoms. The maximum Gasteiger partial charge on any atom is 0.237 e. The monoisotopic (exact) mass is 402 g/mol. The van der Waals surface area contributed by atoms with Crippen LogP contribution in [0.3, 0.4) is 0 Å². The number of hydrogen-bond donors (Lipinski definition) is 2. The van der Waals surface area contributed by atoms with Crippen molar-refractivity contribution in [3.05, 3.63) is 59.8 Å². The summed E-state index contributed by atoms with van der Waals surface area (Å²) >= 11 is 7.28. The summed E-state index contributed by atoms with van der Waals surface area (Å²) in [6.45, 7) is 1.79. The first-order valence-electron chi connectivity index (χ1n) is 8.19. The Hall–Kier alpha value is -2.64. The van der Waals surface area contributed by atoms with E-state index in [9.17, 15) is 4.79 Å². The van der Waals surface area contributed by atoms with Crippen LogP contribution >= 0.6 is 23.4 Å². The predicted molar refractivity (Wildman–Crippen MR) is 110 cm³/mol. The van der Waals surface area contributed by atoms with Gasteiger partial charge in [0.2, 0.25) is 5.91 Å². The van der Waals surface area contributed by atoms with Gasteiger partial charge in [0.15, 0.2) is 5.16 Å². The molecule has 3 rings (SSSR count). The van der Waals surface area contributed by atoms with E-state index in [1.165, 1.54) is 23.5 Å². The van der Waals surface area contributed by atoms with E-state index in [0.717, 1.165) is 11.3 Å². The summed E-state index contributed by atoms with van der Waals surface area (Å²) in [5, 5.41) is 3.47. The van der Waals surface area contributed by atoms with E-state index in [2.05, 4.69) is 10.3 Å². The Kier molecular flexibility index (Phi) is 5.93. The van der Waals surface area contributed by atoms with E-state index in [0.29, 0.717) is 21.6 Å². The Labute approximate surface area is 166 Å². The minimum atomic E-state index is -0.429. The van der Waals surface area contributed by atoms with Gasteiger partial charge in [0.1, 0.15) is 5.75 Å². The lowest BCUT2D eigenvalue weighted by molar-refractivity contribution is -0.115. The van der Waals surface area contributed by atoms with Gasteiger partial charge in [-0.05, 0) is 25.1 Å². The summed E-state index contributed by atoms with van der Waals surface area (Å²) in [4.78, 5) is 17.1. The number of thioether (sulfide) groups is 1. The third kappa shape index (κ3) is 4.56. The molecule has 0 radical (unpaired) electrons. The zero-order valence-corrected chi connectivity index (χ0v) is 16.4. The Balaban J connectivity index is 1.72. The SMILES string of the molecule is COc1ccc(Cl)cc1NC(=O)[C@H](C)Sc1nc(-c2ccccc2)cn1N. The molecule has 0 aliphatic heterocycles. The second-order valence-corrected chi connectivity index (χ2v) is 7.52. The zero-order chi connectivity index (χ0) is 19.4. The number of carbonyl (C=O) groups excluding carboxylic acids is 1. The minimum Gasteiger partial charge on any atom is -0.495 e. The first kappa shape index (κ1) is 19.1. The smallest absolute Gasteiger partial charge is 0.237 e. The van der Waals surface area contributed by atoms with E-state index in [-0.39, 0.29) is 5.91 Å². The molecule has 0 saturated heterocycles. The second-order valence-electron chi connectivity index (χ2n) is 5.78. The number of hydrogen-bond acceptors (Lipinski definition) is 5. The molecule has 3 N–H and O–H groups in total. The standard InChI is InChI=1S/C19H19ClN4O2S/c1-12(18(25)22-15-10-14(20)8-9-17(15)26-2)27-19-23-16(11-24(19)21)13-6-4-3-5-7-13/h3-12H,21H2,1-2H3,(H,22,25)/t12-/m0/s1. The normalized spacial score (nSPS) is 11.8. The molecule has 0 aliphatic rings. The molecule has 0 aliphatic carbocycles. The molecule has 0 fully saturated rings. The van der Waals surface area contributed by atoms with Crippen LogP contribution in [-0.2, 0) is 4.79 Å². The molecule has 3 aromatic rings. The van der Waals surface area contributed by atoms with E-state index in [4.69, 9.17) is 22.2 Å². The fraction of sp³-hybridized carbons (Fsp3) is 0.158. The maximum absolute atomic E-state index is 12.6. The molecule has 1 atom stereocenters. The number of amides is 1. The van der Waals surface area contributed by atoms with Gasteiger partial charge < -0.3 is 15.9 Å². The number of halogens is 1. The van der Waals surface area contributed by atoms with Crippen molar-refractivity contribution < 1.29 is 9.53 Å².